The molecular weight excluding hydrogens is 122 g/mol. The Morgan fingerprint density at radius 2 is 2.00 bits per heavy atom. The van der Waals surface area contributed by atoms with E-state index in [0.29, 0.717) is 6.54 Å². The minimum atomic E-state index is -1.04. The first-order valence-corrected chi connectivity index (χ1v) is 2.83. The Bertz CT molecular complexity index is 88.2. The van der Waals surface area contributed by atoms with Crippen molar-refractivity contribution in [2.24, 2.45) is 0 Å². The van der Waals surface area contributed by atoms with E-state index >= 15 is 0 Å². The number of aliphatic hydroxyl groups is 3. The van der Waals surface area contributed by atoms with Crippen LogP contribution in [0.5, 0.6) is 0 Å². The van der Waals surface area contributed by atoms with E-state index in [2.05, 4.69) is 5.32 Å². The molecule has 3 unspecified atom stereocenters. The summed E-state index contributed by atoms with van der Waals surface area (Å²) in [6.07, 6.45) is -2.84. The van der Waals surface area contributed by atoms with E-state index in [0.717, 1.165) is 0 Å². The molecule has 0 saturated carbocycles. The Morgan fingerprint density at radius 1 is 1.33 bits per heavy atom. The third-order valence-corrected chi connectivity index (χ3v) is 1.36. The normalized spacial score (nSPS) is 45.0. The second kappa shape index (κ2) is 2.62. The molecule has 9 heavy (non-hydrogen) atoms. The maximum absolute atomic E-state index is 8.87. The highest BCUT2D eigenvalue weighted by molar-refractivity contribution is 4.91. The molecule has 1 fully saturated rings. The summed E-state index contributed by atoms with van der Waals surface area (Å²) in [6.45, 7) is 1.66. The zero-order valence-corrected chi connectivity index (χ0v) is 4.86. The summed E-state index contributed by atoms with van der Waals surface area (Å²) in [5.41, 5.74) is 0. The van der Waals surface area contributed by atoms with Crippen molar-refractivity contribution >= 4 is 0 Å². The Morgan fingerprint density at radius 3 is 2.44 bits per heavy atom. The predicted molar refractivity (Wildman–Crippen MR) is 30.3 cm³/mol. The van der Waals surface area contributed by atoms with E-state index in [9.17, 15) is 0 Å². The SMILES string of the molecule is OC1[CH]NCC(O)C1O. The van der Waals surface area contributed by atoms with Gasteiger partial charge in [-0.15, -0.1) is 0 Å². The lowest BCUT2D eigenvalue weighted by molar-refractivity contribution is -0.0623. The van der Waals surface area contributed by atoms with E-state index in [1.54, 1.807) is 0 Å². The highest BCUT2D eigenvalue weighted by atomic mass is 16.4. The van der Waals surface area contributed by atoms with Crippen molar-refractivity contribution in [3.8, 4) is 0 Å². The summed E-state index contributed by atoms with van der Waals surface area (Å²) in [5, 5.41) is 29.2. The molecule has 1 saturated heterocycles. The van der Waals surface area contributed by atoms with Crippen LogP contribution in [0.15, 0.2) is 0 Å². The highest BCUT2D eigenvalue weighted by Gasteiger charge is 2.28. The Balaban J connectivity index is 2.41. The first kappa shape index (κ1) is 6.95. The number of piperidine rings is 1. The van der Waals surface area contributed by atoms with Gasteiger partial charge >= 0.3 is 0 Å². The van der Waals surface area contributed by atoms with Gasteiger partial charge in [0.2, 0.25) is 0 Å². The summed E-state index contributed by atoms with van der Waals surface area (Å²) in [7, 11) is 0. The van der Waals surface area contributed by atoms with Gasteiger partial charge in [-0.2, -0.15) is 0 Å². The summed E-state index contributed by atoms with van der Waals surface area (Å²) >= 11 is 0. The Kier molecular flexibility index (Phi) is 2.02. The van der Waals surface area contributed by atoms with E-state index in [-0.39, 0.29) is 0 Å². The molecule has 0 aromatic carbocycles. The molecule has 1 heterocycles. The molecule has 1 aliphatic rings. The molecular formula is C5H10NO3. The van der Waals surface area contributed by atoms with Crippen LogP contribution >= 0.6 is 0 Å². The molecule has 4 nitrogen and oxygen atoms in total. The third kappa shape index (κ3) is 1.40. The zero-order chi connectivity index (χ0) is 6.85. The fraction of sp³-hybridized carbons (Fsp3) is 0.800. The van der Waals surface area contributed by atoms with Gasteiger partial charge in [0.05, 0.1) is 18.8 Å². The van der Waals surface area contributed by atoms with Crippen LogP contribution in [0.4, 0.5) is 0 Å². The van der Waals surface area contributed by atoms with Gasteiger partial charge in [-0.3, -0.25) is 0 Å². The van der Waals surface area contributed by atoms with Crippen LogP contribution in [-0.4, -0.2) is 40.2 Å². The molecule has 0 aliphatic carbocycles. The van der Waals surface area contributed by atoms with Gasteiger partial charge in [0.1, 0.15) is 6.10 Å². The highest BCUT2D eigenvalue weighted by Crippen LogP contribution is 2.05. The molecule has 0 bridgehead atoms. The number of nitrogens with one attached hydrogen (secondary N) is 1. The fourth-order valence-corrected chi connectivity index (χ4v) is 0.756. The van der Waals surface area contributed by atoms with E-state index in [1.807, 2.05) is 0 Å². The van der Waals surface area contributed by atoms with Gasteiger partial charge in [0, 0.05) is 6.54 Å². The van der Waals surface area contributed by atoms with Crippen molar-refractivity contribution in [2.45, 2.75) is 18.3 Å². The zero-order valence-electron chi connectivity index (χ0n) is 4.86. The van der Waals surface area contributed by atoms with E-state index < -0.39 is 18.3 Å². The molecule has 1 radical (unpaired) electrons. The largest absolute Gasteiger partial charge is 0.389 e. The number of hydrogen-bond donors (Lipinski definition) is 4. The molecule has 4 heteroatoms. The number of rotatable bonds is 0. The van der Waals surface area contributed by atoms with E-state index in [1.165, 1.54) is 6.54 Å². The first-order chi connectivity index (χ1) is 4.22. The van der Waals surface area contributed by atoms with Gasteiger partial charge in [-0.25, -0.2) is 0 Å². The molecule has 4 N–H and O–H groups in total. The van der Waals surface area contributed by atoms with E-state index in [4.69, 9.17) is 15.3 Å². The second-order valence-corrected chi connectivity index (χ2v) is 2.12. The van der Waals surface area contributed by atoms with Crippen molar-refractivity contribution in [1.29, 1.82) is 0 Å². The summed E-state index contributed by atoms with van der Waals surface area (Å²) < 4.78 is 0. The lowest BCUT2D eigenvalue weighted by Gasteiger charge is -2.28. The smallest absolute Gasteiger partial charge is 0.109 e. The minimum Gasteiger partial charge on any atom is -0.389 e. The van der Waals surface area contributed by atoms with Crippen LogP contribution in [-0.2, 0) is 0 Å². The standard InChI is InChI=1S/C5H10NO3/c7-3-1-6-2-4(8)5(3)9/h1,3-9H,2H2. The van der Waals surface area contributed by atoms with Gasteiger partial charge in [0.25, 0.3) is 0 Å². The Labute approximate surface area is 53.1 Å². The van der Waals surface area contributed by atoms with Crippen LogP contribution < -0.4 is 5.32 Å². The third-order valence-electron chi connectivity index (χ3n) is 1.36. The molecule has 3 atom stereocenters. The van der Waals surface area contributed by atoms with Crippen LogP contribution in [0.1, 0.15) is 0 Å². The van der Waals surface area contributed by atoms with Gasteiger partial charge in [-0.1, -0.05) is 0 Å². The number of hydrogen-bond acceptors (Lipinski definition) is 4. The van der Waals surface area contributed by atoms with Gasteiger partial charge in [-0.05, 0) is 0 Å². The van der Waals surface area contributed by atoms with Crippen molar-refractivity contribution < 1.29 is 15.3 Å². The summed E-state index contributed by atoms with van der Waals surface area (Å²) in [4.78, 5) is 0. The maximum atomic E-state index is 8.87. The quantitative estimate of drug-likeness (QED) is 0.303. The van der Waals surface area contributed by atoms with Crippen molar-refractivity contribution in [3.05, 3.63) is 6.54 Å². The Hall–Kier alpha value is -0.160. The lowest BCUT2D eigenvalue weighted by Crippen LogP contribution is -2.50. The molecule has 1 aliphatic heterocycles. The lowest BCUT2D eigenvalue weighted by atomic mass is 10.0. The molecule has 0 aromatic heterocycles. The average Bonchev–Trinajstić information content (AvgIpc) is 1.83. The molecule has 0 amide bonds. The molecule has 1 rings (SSSR count). The molecule has 0 spiro atoms. The van der Waals surface area contributed by atoms with Crippen LogP contribution in [0.3, 0.4) is 0 Å². The monoisotopic (exact) mass is 132 g/mol. The van der Waals surface area contributed by atoms with Crippen molar-refractivity contribution in [1.82, 2.24) is 5.32 Å². The van der Waals surface area contributed by atoms with Crippen LogP contribution in [0.25, 0.3) is 0 Å². The fourth-order valence-electron chi connectivity index (χ4n) is 0.756. The second-order valence-electron chi connectivity index (χ2n) is 2.12. The summed E-state index contributed by atoms with van der Waals surface area (Å²) in [5.74, 6) is 0. The van der Waals surface area contributed by atoms with Crippen molar-refractivity contribution in [2.75, 3.05) is 6.54 Å². The first-order valence-electron chi connectivity index (χ1n) is 2.83. The minimum absolute atomic E-state index is 0.304. The summed E-state index contributed by atoms with van der Waals surface area (Å²) in [6, 6.07) is 0. The van der Waals surface area contributed by atoms with Gasteiger partial charge < -0.3 is 20.6 Å². The van der Waals surface area contributed by atoms with Crippen molar-refractivity contribution in [3.63, 3.8) is 0 Å². The average molecular weight is 132 g/mol. The molecule has 0 aromatic rings. The topological polar surface area (TPSA) is 72.7 Å². The number of aliphatic hydroxyl groups excluding tert-OH is 3. The predicted octanol–water partition coefficient (Wildman–Crippen LogP) is -2.17. The maximum Gasteiger partial charge on any atom is 0.109 e. The van der Waals surface area contributed by atoms with Crippen LogP contribution in [0.2, 0.25) is 0 Å². The molecule has 53 valence electrons. The number of β-amino-alcohol motifs (C(OH)–C–C–N with tert-alkyl or cyclic N) is 1. The van der Waals surface area contributed by atoms with Gasteiger partial charge in [0.15, 0.2) is 0 Å². The van der Waals surface area contributed by atoms with Crippen LogP contribution in [0, 0.1) is 6.54 Å².